The average Bonchev–Trinajstić information content (AvgIpc) is 2.77. The van der Waals surface area contributed by atoms with Crippen molar-refractivity contribution in [2.24, 2.45) is 5.92 Å². The Morgan fingerprint density at radius 1 is 1.53 bits per heavy atom. The van der Waals surface area contributed by atoms with Crippen LogP contribution in [0.1, 0.15) is 32.6 Å². The van der Waals surface area contributed by atoms with Crippen LogP contribution >= 0.6 is 12.4 Å². The fourth-order valence-corrected chi connectivity index (χ4v) is 1.94. The largest absolute Gasteiger partial charge is 0.382 e. The van der Waals surface area contributed by atoms with E-state index in [2.05, 4.69) is 10.6 Å². The molecule has 1 fully saturated rings. The number of halogens is 1. The molecule has 102 valence electrons. The fourth-order valence-electron chi connectivity index (χ4n) is 1.94. The van der Waals surface area contributed by atoms with Crippen LogP contribution in [0.2, 0.25) is 0 Å². The lowest BCUT2D eigenvalue weighted by molar-refractivity contribution is -0.121. The Morgan fingerprint density at radius 2 is 2.35 bits per heavy atom. The van der Waals surface area contributed by atoms with E-state index in [4.69, 9.17) is 4.74 Å². The predicted molar refractivity (Wildman–Crippen MR) is 71.6 cm³/mol. The summed E-state index contributed by atoms with van der Waals surface area (Å²) in [7, 11) is 0. The Labute approximate surface area is 110 Å². The van der Waals surface area contributed by atoms with Gasteiger partial charge in [-0.1, -0.05) is 0 Å². The minimum atomic E-state index is 0. The molecule has 1 amide bonds. The van der Waals surface area contributed by atoms with Crippen LogP contribution in [0.5, 0.6) is 0 Å². The van der Waals surface area contributed by atoms with E-state index < -0.39 is 0 Å². The maximum absolute atomic E-state index is 11.4. The second kappa shape index (κ2) is 10.8. The number of carbonyl (C=O) groups is 1. The molecule has 0 aromatic carbocycles. The average molecular weight is 265 g/mol. The van der Waals surface area contributed by atoms with Crippen LogP contribution in [0.4, 0.5) is 0 Å². The van der Waals surface area contributed by atoms with Crippen LogP contribution in [0, 0.1) is 5.92 Å². The maximum atomic E-state index is 11.4. The van der Waals surface area contributed by atoms with E-state index in [9.17, 15) is 4.79 Å². The molecule has 0 aromatic rings. The van der Waals surface area contributed by atoms with Gasteiger partial charge in [0.15, 0.2) is 0 Å². The molecular formula is C12H25ClN2O2. The zero-order valence-electron chi connectivity index (χ0n) is 10.7. The molecule has 0 saturated carbocycles. The lowest BCUT2D eigenvalue weighted by Crippen LogP contribution is -2.26. The van der Waals surface area contributed by atoms with Gasteiger partial charge < -0.3 is 15.4 Å². The molecule has 1 heterocycles. The monoisotopic (exact) mass is 264 g/mol. The summed E-state index contributed by atoms with van der Waals surface area (Å²) in [6.45, 7) is 6.45. The summed E-state index contributed by atoms with van der Waals surface area (Å²) in [6, 6.07) is 0. The molecular weight excluding hydrogens is 240 g/mol. The second-order valence-corrected chi connectivity index (χ2v) is 4.30. The van der Waals surface area contributed by atoms with Crippen LogP contribution < -0.4 is 10.6 Å². The number of rotatable bonds is 8. The molecule has 0 bridgehead atoms. The minimum Gasteiger partial charge on any atom is -0.382 e. The van der Waals surface area contributed by atoms with Gasteiger partial charge in [0.05, 0.1) is 0 Å². The van der Waals surface area contributed by atoms with Gasteiger partial charge in [-0.15, -0.1) is 12.4 Å². The van der Waals surface area contributed by atoms with Crippen molar-refractivity contribution < 1.29 is 9.53 Å². The molecule has 0 aromatic heterocycles. The van der Waals surface area contributed by atoms with Crippen molar-refractivity contribution in [2.45, 2.75) is 32.6 Å². The third-order valence-electron chi connectivity index (χ3n) is 2.93. The normalized spacial score (nSPS) is 18.8. The summed E-state index contributed by atoms with van der Waals surface area (Å²) < 4.78 is 5.18. The van der Waals surface area contributed by atoms with E-state index in [1.165, 1.54) is 6.42 Å². The van der Waals surface area contributed by atoms with Gasteiger partial charge in [0.25, 0.3) is 0 Å². The molecule has 1 unspecified atom stereocenters. The first-order chi connectivity index (χ1) is 7.83. The van der Waals surface area contributed by atoms with Crippen molar-refractivity contribution in [3.05, 3.63) is 0 Å². The molecule has 1 aliphatic rings. The standard InChI is InChI=1S/C12H24N2O2.ClH/c1-2-16-9-3-4-12(15)14-8-6-11-5-7-13-10-11;/h11,13H,2-10H2,1H3,(H,14,15);1H. The lowest BCUT2D eigenvalue weighted by Gasteiger charge is -2.09. The fraction of sp³-hybridized carbons (Fsp3) is 0.917. The topological polar surface area (TPSA) is 50.4 Å². The second-order valence-electron chi connectivity index (χ2n) is 4.30. The van der Waals surface area contributed by atoms with Gasteiger partial charge >= 0.3 is 0 Å². The molecule has 2 N–H and O–H groups in total. The number of hydrogen-bond donors (Lipinski definition) is 2. The predicted octanol–water partition coefficient (Wildman–Crippen LogP) is 1.34. The number of nitrogens with one attached hydrogen (secondary N) is 2. The molecule has 0 spiro atoms. The van der Waals surface area contributed by atoms with Gasteiger partial charge in [0, 0.05) is 26.2 Å². The summed E-state index contributed by atoms with van der Waals surface area (Å²) >= 11 is 0. The van der Waals surface area contributed by atoms with Crippen molar-refractivity contribution in [1.29, 1.82) is 0 Å². The van der Waals surface area contributed by atoms with E-state index >= 15 is 0 Å². The molecule has 1 atom stereocenters. The van der Waals surface area contributed by atoms with Crippen molar-refractivity contribution >= 4 is 18.3 Å². The molecule has 5 heteroatoms. The molecule has 17 heavy (non-hydrogen) atoms. The van der Waals surface area contributed by atoms with Gasteiger partial charge in [0.2, 0.25) is 5.91 Å². The van der Waals surface area contributed by atoms with E-state index in [0.29, 0.717) is 13.0 Å². The smallest absolute Gasteiger partial charge is 0.220 e. The Hall–Kier alpha value is -0.320. The third kappa shape index (κ3) is 8.41. The van der Waals surface area contributed by atoms with Crippen LogP contribution in [0.15, 0.2) is 0 Å². The lowest BCUT2D eigenvalue weighted by atomic mass is 10.1. The van der Waals surface area contributed by atoms with Crippen molar-refractivity contribution in [2.75, 3.05) is 32.8 Å². The molecule has 1 rings (SSSR count). The Bertz CT molecular complexity index is 197. The minimum absolute atomic E-state index is 0. The molecule has 4 nitrogen and oxygen atoms in total. The van der Waals surface area contributed by atoms with Gasteiger partial charge in [-0.3, -0.25) is 4.79 Å². The van der Waals surface area contributed by atoms with Crippen molar-refractivity contribution in [3.63, 3.8) is 0 Å². The van der Waals surface area contributed by atoms with Crippen LogP contribution in [0.25, 0.3) is 0 Å². The van der Waals surface area contributed by atoms with E-state index in [-0.39, 0.29) is 18.3 Å². The highest BCUT2D eigenvalue weighted by molar-refractivity contribution is 5.85. The highest BCUT2D eigenvalue weighted by Gasteiger charge is 2.13. The summed E-state index contributed by atoms with van der Waals surface area (Å²) in [5, 5.41) is 6.29. The van der Waals surface area contributed by atoms with E-state index in [1.807, 2.05) is 6.92 Å². The summed E-state index contributed by atoms with van der Waals surface area (Å²) in [5.41, 5.74) is 0. The highest BCUT2D eigenvalue weighted by atomic mass is 35.5. The number of hydrogen-bond acceptors (Lipinski definition) is 3. The molecule has 0 aliphatic carbocycles. The zero-order chi connectivity index (χ0) is 11.6. The number of carbonyl (C=O) groups excluding carboxylic acids is 1. The van der Waals surface area contributed by atoms with Gasteiger partial charge in [-0.05, 0) is 45.2 Å². The Balaban J connectivity index is 0.00000256. The summed E-state index contributed by atoms with van der Waals surface area (Å²) in [5.74, 6) is 0.911. The Kier molecular flexibility index (Phi) is 10.6. The molecule has 1 saturated heterocycles. The van der Waals surface area contributed by atoms with E-state index in [0.717, 1.165) is 45.0 Å². The van der Waals surface area contributed by atoms with Crippen LogP contribution in [0.3, 0.4) is 0 Å². The molecule has 0 radical (unpaired) electrons. The SMILES string of the molecule is CCOCCCC(=O)NCCC1CCNC1.Cl. The van der Waals surface area contributed by atoms with E-state index in [1.54, 1.807) is 0 Å². The van der Waals surface area contributed by atoms with Crippen molar-refractivity contribution in [1.82, 2.24) is 10.6 Å². The first-order valence-corrected chi connectivity index (χ1v) is 6.38. The third-order valence-corrected chi connectivity index (χ3v) is 2.93. The number of ether oxygens (including phenoxy) is 1. The van der Waals surface area contributed by atoms with Gasteiger partial charge in [-0.25, -0.2) is 0 Å². The molecule has 1 aliphatic heterocycles. The first kappa shape index (κ1) is 16.7. The summed E-state index contributed by atoms with van der Waals surface area (Å²) in [6.07, 6.45) is 3.76. The van der Waals surface area contributed by atoms with Gasteiger partial charge in [-0.2, -0.15) is 0 Å². The van der Waals surface area contributed by atoms with Gasteiger partial charge in [0.1, 0.15) is 0 Å². The Morgan fingerprint density at radius 3 is 3.00 bits per heavy atom. The quantitative estimate of drug-likeness (QED) is 0.651. The highest BCUT2D eigenvalue weighted by Crippen LogP contribution is 2.10. The maximum Gasteiger partial charge on any atom is 0.220 e. The van der Waals surface area contributed by atoms with Crippen LogP contribution in [-0.4, -0.2) is 38.8 Å². The number of amides is 1. The van der Waals surface area contributed by atoms with Crippen LogP contribution in [-0.2, 0) is 9.53 Å². The van der Waals surface area contributed by atoms with Crippen molar-refractivity contribution in [3.8, 4) is 0 Å². The zero-order valence-corrected chi connectivity index (χ0v) is 11.5. The first-order valence-electron chi connectivity index (χ1n) is 6.38. The summed E-state index contributed by atoms with van der Waals surface area (Å²) in [4.78, 5) is 11.4.